The Balaban J connectivity index is 1.54. The van der Waals surface area contributed by atoms with Crippen molar-refractivity contribution >= 4 is 17.7 Å². The predicted octanol–water partition coefficient (Wildman–Crippen LogP) is 3.37. The number of thioether (sulfide) groups is 1. The van der Waals surface area contributed by atoms with Gasteiger partial charge in [-0.2, -0.15) is 9.90 Å². The lowest BCUT2D eigenvalue weighted by Crippen LogP contribution is -2.31. The fourth-order valence-electron chi connectivity index (χ4n) is 2.80. The zero-order valence-corrected chi connectivity index (χ0v) is 14.0. The Labute approximate surface area is 148 Å². The molecule has 2 heterocycles. The summed E-state index contributed by atoms with van der Waals surface area (Å²) in [5, 5.41) is 11.3. The zero-order chi connectivity index (χ0) is 17.2. The molecule has 0 spiro atoms. The SMILES string of the molecule is O=C(NC1CCSc2ccc(F)cc21)c1cnn(-c2ccccc2)n1. The summed E-state index contributed by atoms with van der Waals surface area (Å²) in [7, 11) is 0. The summed E-state index contributed by atoms with van der Waals surface area (Å²) < 4.78 is 13.6. The van der Waals surface area contributed by atoms with E-state index in [9.17, 15) is 9.18 Å². The van der Waals surface area contributed by atoms with Gasteiger partial charge in [0.05, 0.1) is 17.9 Å². The minimum atomic E-state index is -0.311. The largest absolute Gasteiger partial charge is 0.344 e. The normalized spacial score (nSPS) is 16.3. The Morgan fingerprint density at radius 3 is 2.92 bits per heavy atom. The van der Waals surface area contributed by atoms with Crippen molar-refractivity contribution in [1.82, 2.24) is 20.3 Å². The quantitative estimate of drug-likeness (QED) is 0.783. The maximum absolute atomic E-state index is 13.6. The van der Waals surface area contributed by atoms with Crippen LogP contribution in [0.3, 0.4) is 0 Å². The second-order valence-electron chi connectivity index (χ2n) is 5.70. The highest BCUT2D eigenvalue weighted by molar-refractivity contribution is 7.99. The average Bonchev–Trinajstić information content (AvgIpc) is 3.13. The second-order valence-corrected chi connectivity index (χ2v) is 6.84. The van der Waals surface area contributed by atoms with E-state index in [4.69, 9.17) is 0 Å². The number of rotatable bonds is 3. The molecule has 3 aromatic rings. The van der Waals surface area contributed by atoms with Crippen LogP contribution >= 0.6 is 11.8 Å². The number of para-hydroxylation sites is 1. The number of nitrogens with zero attached hydrogens (tertiary/aromatic N) is 3. The highest BCUT2D eigenvalue weighted by Crippen LogP contribution is 2.36. The van der Waals surface area contributed by atoms with Gasteiger partial charge in [-0.05, 0) is 42.3 Å². The fourth-order valence-corrected chi connectivity index (χ4v) is 3.91. The number of aromatic nitrogens is 3. The van der Waals surface area contributed by atoms with Gasteiger partial charge in [0.1, 0.15) is 5.82 Å². The lowest BCUT2D eigenvalue weighted by molar-refractivity contribution is 0.0929. The molecule has 5 nitrogen and oxygen atoms in total. The van der Waals surface area contributed by atoms with E-state index in [1.54, 1.807) is 17.8 Å². The molecule has 7 heteroatoms. The van der Waals surface area contributed by atoms with Gasteiger partial charge < -0.3 is 5.32 Å². The average molecular weight is 354 g/mol. The van der Waals surface area contributed by atoms with Crippen LogP contribution in [0, 0.1) is 5.82 Å². The van der Waals surface area contributed by atoms with Gasteiger partial charge in [-0.1, -0.05) is 18.2 Å². The molecule has 126 valence electrons. The summed E-state index contributed by atoms with van der Waals surface area (Å²) in [5.41, 5.74) is 1.84. The summed E-state index contributed by atoms with van der Waals surface area (Å²) in [4.78, 5) is 14.9. The van der Waals surface area contributed by atoms with Crippen molar-refractivity contribution in [2.45, 2.75) is 17.4 Å². The third kappa shape index (κ3) is 3.28. The van der Waals surface area contributed by atoms with Gasteiger partial charge in [0.2, 0.25) is 0 Å². The molecule has 4 rings (SSSR count). The summed E-state index contributed by atoms with van der Waals surface area (Å²) >= 11 is 1.68. The molecule has 0 bridgehead atoms. The maximum atomic E-state index is 13.6. The second kappa shape index (κ2) is 6.68. The highest BCUT2D eigenvalue weighted by Gasteiger charge is 2.24. The van der Waals surface area contributed by atoms with Crippen LogP contribution in [-0.2, 0) is 0 Å². The number of benzene rings is 2. The standard InChI is InChI=1S/C18H15FN4OS/c19-12-6-7-17-14(10-12)15(8-9-25-17)21-18(24)16-11-20-23(22-16)13-4-2-1-3-5-13/h1-7,10-11,15H,8-9H2,(H,21,24). The molecule has 0 saturated heterocycles. The van der Waals surface area contributed by atoms with Crippen molar-refractivity contribution in [3.63, 3.8) is 0 Å². The molecule has 0 saturated carbocycles. The van der Waals surface area contributed by atoms with E-state index in [1.807, 2.05) is 30.3 Å². The number of hydrogen-bond acceptors (Lipinski definition) is 4. The van der Waals surface area contributed by atoms with Crippen molar-refractivity contribution in [2.24, 2.45) is 0 Å². The van der Waals surface area contributed by atoms with E-state index in [-0.39, 0.29) is 23.5 Å². The van der Waals surface area contributed by atoms with Gasteiger partial charge in [0.25, 0.3) is 5.91 Å². The first-order valence-electron chi connectivity index (χ1n) is 7.91. The maximum Gasteiger partial charge on any atom is 0.273 e. The van der Waals surface area contributed by atoms with E-state index >= 15 is 0 Å². The molecular formula is C18H15FN4OS. The van der Waals surface area contributed by atoms with Gasteiger partial charge in [-0.3, -0.25) is 4.79 Å². The molecule has 0 fully saturated rings. The minimum Gasteiger partial charge on any atom is -0.344 e. The molecule has 1 aliphatic rings. The van der Waals surface area contributed by atoms with E-state index in [1.165, 1.54) is 23.1 Å². The van der Waals surface area contributed by atoms with E-state index in [0.717, 1.165) is 28.3 Å². The molecule has 1 amide bonds. The zero-order valence-electron chi connectivity index (χ0n) is 13.2. The van der Waals surface area contributed by atoms with Crippen molar-refractivity contribution in [2.75, 3.05) is 5.75 Å². The van der Waals surface area contributed by atoms with E-state index in [0.29, 0.717) is 0 Å². The fraction of sp³-hybridized carbons (Fsp3) is 0.167. The van der Waals surface area contributed by atoms with Gasteiger partial charge in [0.15, 0.2) is 5.69 Å². The molecule has 0 aliphatic carbocycles. The molecule has 1 aromatic heterocycles. The first kappa shape index (κ1) is 15.8. The smallest absolute Gasteiger partial charge is 0.273 e. The Bertz CT molecular complexity index is 912. The summed E-state index contributed by atoms with van der Waals surface area (Å²) in [6.45, 7) is 0. The molecule has 25 heavy (non-hydrogen) atoms. The van der Waals surface area contributed by atoms with Crippen LogP contribution in [0.1, 0.15) is 28.5 Å². The van der Waals surface area contributed by atoms with Crippen LogP contribution in [0.4, 0.5) is 4.39 Å². The number of carbonyl (C=O) groups is 1. The van der Waals surface area contributed by atoms with E-state index < -0.39 is 0 Å². The monoisotopic (exact) mass is 354 g/mol. The van der Waals surface area contributed by atoms with Gasteiger partial charge >= 0.3 is 0 Å². The summed E-state index contributed by atoms with van der Waals surface area (Å²) in [5.74, 6) is 0.269. The number of nitrogens with one attached hydrogen (secondary N) is 1. The summed E-state index contributed by atoms with van der Waals surface area (Å²) in [6.07, 6.45) is 2.19. The number of hydrogen-bond donors (Lipinski definition) is 1. The number of carbonyl (C=O) groups excluding carboxylic acids is 1. The molecule has 2 aromatic carbocycles. The van der Waals surface area contributed by atoms with Crippen LogP contribution in [0.15, 0.2) is 59.6 Å². The molecule has 1 aliphatic heterocycles. The van der Waals surface area contributed by atoms with Crippen LogP contribution in [0.25, 0.3) is 5.69 Å². The first-order valence-corrected chi connectivity index (χ1v) is 8.90. The topological polar surface area (TPSA) is 59.8 Å². The van der Waals surface area contributed by atoms with Crippen molar-refractivity contribution < 1.29 is 9.18 Å². The summed E-state index contributed by atoms with van der Waals surface area (Å²) in [6, 6.07) is 13.9. The third-order valence-electron chi connectivity index (χ3n) is 4.03. The Morgan fingerprint density at radius 1 is 1.24 bits per heavy atom. The highest BCUT2D eigenvalue weighted by atomic mass is 32.2. The van der Waals surface area contributed by atoms with Gasteiger partial charge in [0, 0.05) is 10.6 Å². The van der Waals surface area contributed by atoms with Crippen LogP contribution in [0.2, 0.25) is 0 Å². The van der Waals surface area contributed by atoms with Crippen LogP contribution < -0.4 is 5.32 Å². The Morgan fingerprint density at radius 2 is 2.08 bits per heavy atom. The van der Waals surface area contributed by atoms with Crippen molar-refractivity contribution in [1.29, 1.82) is 0 Å². The third-order valence-corrected chi connectivity index (χ3v) is 5.15. The first-order chi connectivity index (χ1) is 12.2. The molecular weight excluding hydrogens is 339 g/mol. The van der Waals surface area contributed by atoms with Crippen LogP contribution in [0.5, 0.6) is 0 Å². The van der Waals surface area contributed by atoms with Crippen LogP contribution in [-0.4, -0.2) is 26.7 Å². The lowest BCUT2D eigenvalue weighted by Gasteiger charge is -2.25. The molecule has 1 atom stereocenters. The number of fused-ring (bicyclic) bond motifs is 1. The van der Waals surface area contributed by atoms with Crippen molar-refractivity contribution in [3.05, 3.63) is 71.8 Å². The Hall–Kier alpha value is -2.67. The van der Waals surface area contributed by atoms with Gasteiger partial charge in [-0.15, -0.1) is 16.9 Å². The molecule has 1 unspecified atom stereocenters. The van der Waals surface area contributed by atoms with Gasteiger partial charge in [-0.25, -0.2) is 4.39 Å². The van der Waals surface area contributed by atoms with Crippen molar-refractivity contribution in [3.8, 4) is 5.69 Å². The van der Waals surface area contributed by atoms with E-state index in [2.05, 4.69) is 15.5 Å². The number of halogens is 1. The number of amides is 1. The Kier molecular flexibility index (Phi) is 4.23. The minimum absolute atomic E-state index is 0.221. The molecule has 1 N–H and O–H groups in total. The predicted molar refractivity (Wildman–Crippen MR) is 93.3 cm³/mol. The molecule has 0 radical (unpaired) electrons. The lowest BCUT2D eigenvalue weighted by atomic mass is 10.0.